The Kier molecular flexibility index (Phi) is 5.14. The van der Waals surface area contributed by atoms with E-state index in [-0.39, 0.29) is 11.7 Å². The zero-order chi connectivity index (χ0) is 15.4. The van der Waals surface area contributed by atoms with Gasteiger partial charge in [0.15, 0.2) is 6.10 Å². The minimum Gasteiger partial charge on any atom is -0.480 e. The zero-order valence-corrected chi connectivity index (χ0v) is 12.2. The van der Waals surface area contributed by atoms with Crippen molar-refractivity contribution in [3.8, 4) is 5.75 Å². The van der Waals surface area contributed by atoms with Crippen LogP contribution in [0, 0.1) is 5.82 Å². The third-order valence-corrected chi connectivity index (χ3v) is 3.40. The first kappa shape index (κ1) is 15.7. The first-order valence-electron chi connectivity index (χ1n) is 6.99. The summed E-state index contributed by atoms with van der Waals surface area (Å²) in [5.41, 5.74) is 0.457. The van der Waals surface area contributed by atoms with Crippen LogP contribution in [0.5, 0.6) is 5.75 Å². The van der Waals surface area contributed by atoms with E-state index in [0.717, 1.165) is 0 Å². The molecule has 0 bridgehead atoms. The number of nitrogens with zero attached hydrogens (tertiary/aromatic N) is 1. The Morgan fingerprint density at radius 3 is 2.67 bits per heavy atom. The molecule has 1 unspecified atom stereocenters. The number of amides is 1. The van der Waals surface area contributed by atoms with Gasteiger partial charge in [-0.2, -0.15) is 0 Å². The topological polar surface area (TPSA) is 59.0 Å². The first-order valence-corrected chi connectivity index (χ1v) is 6.99. The van der Waals surface area contributed by atoms with Crippen molar-refractivity contribution >= 4 is 5.91 Å². The van der Waals surface area contributed by atoms with Gasteiger partial charge in [-0.15, -0.1) is 0 Å². The van der Waals surface area contributed by atoms with Crippen LogP contribution in [0.25, 0.3) is 0 Å². The summed E-state index contributed by atoms with van der Waals surface area (Å²) in [4.78, 5) is 13.9. The Morgan fingerprint density at radius 1 is 1.38 bits per heavy atom. The number of rotatable bonds is 4. The molecule has 0 aliphatic carbocycles. The predicted octanol–water partition coefficient (Wildman–Crippen LogP) is 1.51. The van der Waals surface area contributed by atoms with Crippen LogP contribution in [-0.4, -0.2) is 48.3 Å². The lowest BCUT2D eigenvalue weighted by Gasteiger charge is -2.29. The molecule has 1 aliphatic rings. The lowest BCUT2D eigenvalue weighted by Crippen LogP contribution is -2.46. The standard InChI is InChI=1S/C15H20FNO4/c1-10(18)13-4-3-12(16)9-14(13)21-11(2)15(19)17-5-7-20-8-6-17/h3-4,9-11,18H,5-8H2,1-2H3/t10-,11?/m1/s1. The van der Waals surface area contributed by atoms with Gasteiger partial charge in [0.25, 0.3) is 5.91 Å². The van der Waals surface area contributed by atoms with E-state index in [1.807, 2.05) is 0 Å². The molecule has 116 valence electrons. The highest BCUT2D eigenvalue weighted by atomic mass is 19.1. The molecule has 0 aromatic heterocycles. The average Bonchev–Trinajstić information content (AvgIpc) is 2.47. The fraction of sp³-hybridized carbons (Fsp3) is 0.533. The van der Waals surface area contributed by atoms with Crippen LogP contribution >= 0.6 is 0 Å². The number of aliphatic hydroxyl groups excluding tert-OH is 1. The molecule has 1 N–H and O–H groups in total. The number of carbonyl (C=O) groups is 1. The van der Waals surface area contributed by atoms with Crippen LogP contribution in [0.4, 0.5) is 4.39 Å². The van der Waals surface area contributed by atoms with Crippen molar-refractivity contribution < 1.29 is 23.8 Å². The molecule has 0 radical (unpaired) electrons. The molecule has 0 spiro atoms. The lowest BCUT2D eigenvalue weighted by atomic mass is 10.1. The molecular formula is C15H20FNO4. The molecule has 1 amide bonds. The van der Waals surface area contributed by atoms with Gasteiger partial charge >= 0.3 is 0 Å². The van der Waals surface area contributed by atoms with Crippen LogP contribution in [0.15, 0.2) is 18.2 Å². The highest BCUT2D eigenvalue weighted by Crippen LogP contribution is 2.27. The van der Waals surface area contributed by atoms with Gasteiger partial charge < -0.3 is 19.5 Å². The van der Waals surface area contributed by atoms with Crippen molar-refractivity contribution in [2.45, 2.75) is 26.1 Å². The van der Waals surface area contributed by atoms with Gasteiger partial charge in [0.2, 0.25) is 0 Å². The largest absolute Gasteiger partial charge is 0.480 e. The number of aliphatic hydroxyl groups is 1. The zero-order valence-electron chi connectivity index (χ0n) is 12.2. The maximum atomic E-state index is 13.3. The van der Waals surface area contributed by atoms with Crippen molar-refractivity contribution in [3.05, 3.63) is 29.6 Å². The smallest absolute Gasteiger partial charge is 0.263 e. The fourth-order valence-corrected chi connectivity index (χ4v) is 2.24. The number of hydrogen-bond donors (Lipinski definition) is 1. The van der Waals surface area contributed by atoms with Gasteiger partial charge in [0.1, 0.15) is 11.6 Å². The molecule has 1 fully saturated rings. The third-order valence-electron chi connectivity index (χ3n) is 3.40. The van der Waals surface area contributed by atoms with E-state index < -0.39 is 18.0 Å². The molecule has 1 saturated heterocycles. The fourth-order valence-electron chi connectivity index (χ4n) is 2.24. The third kappa shape index (κ3) is 3.92. The number of halogens is 1. The molecule has 1 aromatic carbocycles. The molecule has 0 saturated carbocycles. The molecule has 1 heterocycles. The van der Waals surface area contributed by atoms with E-state index in [1.54, 1.807) is 18.7 Å². The average molecular weight is 297 g/mol. The second kappa shape index (κ2) is 6.87. The summed E-state index contributed by atoms with van der Waals surface area (Å²) >= 11 is 0. The molecule has 1 aromatic rings. The summed E-state index contributed by atoms with van der Waals surface area (Å²) in [6.07, 6.45) is -1.55. The normalized spacial score (nSPS) is 18.2. The minimum absolute atomic E-state index is 0.167. The molecule has 21 heavy (non-hydrogen) atoms. The molecule has 6 heteroatoms. The summed E-state index contributed by atoms with van der Waals surface area (Å²) in [7, 11) is 0. The SMILES string of the molecule is CC(Oc1cc(F)ccc1[C@@H](C)O)C(=O)N1CCOCC1. The minimum atomic E-state index is -0.800. The van der Waals surface area contributed by atoms with E-state index >= 15 is 0 Å². The maximum Gasteiger partial charge on any atom is 0.263 e. The molecular weight excluding hydrogens is 277 g/mol. The highest BCUT2D eigenvalue weighted by Gasteiger charge is 2.25. The number of carbonyl (C=O) groups excluding carboxylic acids is 1. The van der Waals surface area contributed by atoms with E-state index in [0.29, 0.717) is 31.9 Å². The summed E-state index contributed by atoms with van der Waals surface area (Å²) < 4.78 is 24.1. The monoisotopic (exact) mass is 297 g/mol. The summed E-state index contributed by atoms with van der Waals surface area (Å²) in [6, 6.07) is 3.90. The van der Waals surface area contributed by atoms with Crippen LogP contribution in [0.1, 0.15) is 25.5 Å². The van der Waals surface area contributed by atoms with Gasteiger partial charge in [-0.3, -0.25) is 4.79 Å². The van der Waals surface area contributed by atoms with E-state index in [9.17, 15) is 14.3 Å². The Morgan fingerprint density at radius 2 is 2.05 bits per heavy atom. The predicted molar refractivity (Wildman–Crippen MR) is 74.5 cm³/mol. The summed E-state index contributed by atoms with van der Waals surface area (Å²) in [5, 5.41) is 9.68. The van der Waals surface area contributed by atoms with Gasteiger partial charge in [0.05, 0.1) is 19.3 Å². The number of morpholine rings is 1. The van der Waals surface area contributed by atoms with Crippen molar-refractivity contribution in [2.75, 3.05) is 26.3 Å². The van der Waals surface area contributed by atoms with Gasteiger partial charge in [-0.1, -0.05) is 0 Å². The van der Waals surface area contributed by atoms with Crippen LogP contribution < -0.4 is 4.74 Å². The maximum absolute atomic E-state index is 13.3. The van der Waals surface area contributed by atoms with Gasteiger partial charge in [-0.25, -0.2) is 4.39 Å². The highest BCUT2D eigenvalue weighted by molar-refractivity contribution is 5.81. The number of benzene rings is 1. The second-order valence-corrected chi connectivity index (χ2v) is 5.06. The second-order valence-electron chi connectivity index (χ2n) is 5.06. The Bertz CT molecular complexity index is 500. The lowest BCUT2D eigenvalue weighted by molar-refractivity contribution is -0.142. The van der Waals surface area contributed by atoms with E-state index in [4.69, 9.17) is 9.47 Å². The molecule has 1 aliphatic heterocycles. The molecule has 2 rings (SSSR count). The van der Waals surface area contributed by atoms with Crippen LogP contribution in [-0.2, 0) is 9.53 Å². The number of ether oxygens (including phenoxy) is 2. The Balaban J connectivity index is 2.09. The quantitative estimate of drug-likeness (QED) is 0.915. The Hall–Kier alpha value is -1.66. The van der Waals surface area contributed by atoms with Crippen LogP contribution in [0.2, 0.25) is 0 Å². The summed E-state index contributed by atoms with van der Waals surface area (Å²) in [6.45, 7) is 5.26. The van der Waals surface area contributed by atoms with Crippen molar-refractivity contribution in [1.82, 2.24) is 4.90 Å². The van der Waals surface area contributed by atoms with Gasteiger partial charge in [0, 0.05) is 24.7 Å². The van der Waals surface area contributed by atoms with Crippen molar-refractivity contribution in [1.29, 1.82) is 0 Å². The first-order chi connectivity index (χ1) is 9.99. The van der Waals surface area contributed by atoms with Crippen molar-refractivity contribution in [2.24, 2.45) is 0 Å². The van der Waals surface area contributed by atoms with Crippen molar-refractivity contribution in [3.63, 3.8) is 0 Å². The van der Waals surface area contributed by atoms with E-state index in [1.165, 1.54) is 18.2 Å². The van der Waals surface area contributed by atoms with Gasteiger partial charge in [-0.05, 0) is 26.0 Å². The van der Waals surface area contributed by atoms with Crippen LogP contribution in [0.3, 0.4) is 0 Å². The molecule has 2 atom stereocenters. The summed E-state index contributed by atoms with van der Waals surface area (Å²) in [5.74, 6) is -0.446. The molecule has 5 nitrogen and oxygen atoms in total. The van der Waals surface area contributed by atoms with E-state index in [2.05, 4.69) is 0 Å². The number of hydrogen-bond acceptors (Lipinski definition) is 4. The Labute approximate surface area is 123 Å².